The Morgan fingerprint density at radius 1 is 1.09 bits per heavy atom. The van der Waals surface area contributed by atoms with Crippen LogP contribution in [0.5, 0.6) is 0 Å². The first-order valence-corrected chi connectivity index (χ1v) is 9.12. The van der Waals surface area contributed by atoms with Crippen LogP contribution in [0.3, 0.4) is 0 Å². The Bertz CT molecular complexity index is 785. The van der Waals surface area contributed by atoms with E-state index < -0.39 is 10.0 Å². The smallest absolute Gasteiger partial charge is 0.240 e. The van der Waals surface area contributed by atoms with Crippen molar-refractivity contribution in [2.45, 2.75) is 25.2 Å². The first-order chi connectivity index (χ1) is 10.9. The third-order valence-electron chi connectivity index (χ3n) is 3.38. The van der Waals surface area contributed by atoms with Gasteiger partial charge in [0.25, 0.3) is 0 Å². The predicted octanol–water partition coefficient (Wildman–Crippen LogP) is 2.28. The molecule has 2 aromatic carbocycles. The molecule has 0 aliphatic heterocycles. The molecule has 0 aliphatic rings. The number of rotatable bonds is 7. The Morgan fingerprint density at radius 3 is 2.48 bits per heavy atom. The highest BCUT2D eigenvalue weighted by Gasteiger charge is 2.14. The van der Waals surface area contributed by atoms with Gasteiger partial charge in [-0.25, -0.2) is 13.1 Å². The van der Waals surface area contributed by atoms with Crippen molar-refractivity contribution < 1.29 is 13.2 Å². The van der Waals surface area contributed by atoms with E-state index >= 15 is 0 Å². The molecule has 1 amide bonds. The highest BCUT2D eigenvalue weighted by atomic mass is 32.2. The predicted molar refractivity (Wildman–Crippen MR) is 91.6 cm³/mol. The third kappa shape index (κ3) is 5.04. The van der Waals surface area contributed by atoms with E-state index in [1.807, 2.05) is 38.1 Å². The number of benzene rings is 2. The average molecular weight is 334 g/mol. The number of sulfonamides is 1. The van der Waals surface area contributed by atoms with Crippen molar-refractivity contribution in [1.82, 2.24) is 10.0 Å². The summed E-state index contributed by atoms with van der Waals surface area (Å²) in [6.45, 7) is 4.68. The van der Waals surface area contributed by atoms with Gasteiger partial charge in [-0.3, -0.25) is 4.79 Å². The van der Waals surface area contributed by atoms with Crippen molar-refractivity contribution in [1.29, 1.82) is 0 Å². The van der Waals surface area contributed by atoms with Gasteiger partial charge in [-0.15, -0.1) is 0 Å². The number of amides is 1. The van der Waals surface area contributed by atoms with Gasteiger partial charge in [0.2, 0.25) is 15.9 Å². The molecule has 0 spiro atoms. The number of hydrogen-bond donors (Lipinski definition) is 2. The van der Waals surface area contributed by atoms with Crippen LogP contribution in [0.4, 0.5) is 0 Å². The van der Waals surface area contributed by atoms with E-state index in [9.17, 15) is 13.2 Å². The molecule has 6 heteroatoms. The largest absolute Gasteiger partial charge is 0.356 e. The third-order valence-corrected chi connectivity index (χ3v) is 4.84. The summed E-state index contributed by atoms with van der Waals surface area (Å²) in [6.07, 6.45) is 0.125. The molecular formula is C17H22N2O3S. The topological polar surface area (TPSA) is 75.3 Å². The minimum absolute atomic E-state index is 0.0824. The minimum atomic E-state index is -3.61. The maximum atomic E-state index is 12.3. The molecule has 0 unspecified atom stereocenters. The fraction of sp³-hybridized carbons (Fsp3) is 0.353. The van der Waals surface area contributed by atoms with Gasteiger partial charge in [0, 0.05) is 19.5 Å². The Labute approximate surface area is 137 Å². The normalized spacial score (nSPS) is 11.8. The van der Waals surface area contributed by atoms with Gasteiger partial charge in [-0.2, -0.15) is 0 Å². The van der Waals surface area contributed by atoms with Crippen LogP contribution in [0, 0.1) is 5.92 Å². The molecular weight excluding hydrogens is 312 g/mol. The molecule has 124 valence electrons. The molecule has 0 atom stereocenters. The number of nitrogens with one attached hydrogen (secondary N) is 2. The van der Waals surface area contributed by atoms with Gasteiger partial charge in [0.1, 0.15) is 0 Å². The SMILES string of the molecule is CC(C)CNC(=O)CCNS(=O)(=O)c1ccc2ccccc2c1. The van der Waals surface area contributed by atoms with Crippen LogP contribution in [0.1, 0.15) is 20.3 Å². The first-order valence-electron chi connectivity index (χ1n) is 7.63. The van der Waals surface area contributed by atoms with E-state index in [4.69, 9.17) is 0 Å². The van der Waals surface area contributed by atoms with E-state index in [0.29, 0.717) is 12.5 Å². The molecule has 0 radical (unpaired) electrons. The lowest BCUT2D eigenvalue weighted by Gasteiger charge is -2.09. The van der Waals surface area contributed by atoms with Gasteiger partial charge in [-0.05, 0) is 28.8 Å². The van der Waals surface area contributed by atoms with Crippen LogP contribution in [0.25, 0.3) is 10.8 Å². The Hall–Kier alpha value is -1.92. The molecule has 0 bridgehead atoms. The van der Waals surface area contributed by atoms with E-state index in [1.165, 1.54) is 0 Å². The molecule has 0 aromatic heterocycles. The highest BCUT2D eigenvalue weighted by molar-refractivity contribution is 7.89. The van der Waals surface area contributed by atoms with Gasteiger partial charge in [-0.1, -0.05) is 44.2 Å². The Kier molecular flexibility index (Phi) is 5.74. The summed E-state index contributed by atoms with van der Waals surface area (Å²) in [5, 5.41) is 4.61. The maximum absolute atomic E-state index is 12.3. The van der Waals surface area contributed by atoms with Crippen LogP contribution >= 0.6 is 0 Å². The van der Waals surface area contributed by atoms with Crippen molar-refractivity contribution in [3.8, 4) is 0 Å². The van der Waals surface area contributed by atoms with Crippen LogP contribution in [0.15, 0.2) is 47.4 Å². The molecule has 0 aliphatic carbocycles. The molecule has 5 nitrogen and oxygen atoms in total. The fourth-order valence-electron chi connectivity index (χ4n) is 2.12. The van der Waals surface area contributed by atoms with Crippen LogP contribution in [-0.2, 0) is 14.8 Å². The molecule has 2 N–H and O–H groups in total. The van der Waals surface area contributed by atoms with Crippen molar-refractivity contribution in [3.63, 3.8) is 0 Å². The maximum Gasteiger partial charge on any atom is 0.240 e. The quantitative estimate of drug-likeness (QED) is 0.816. The lowest BCUT2D eigenvalue weighted by Crippen LogP contribution is -2.32. The van der Waals surface area contributed by atoms with Crippen LogP contribution < -0.4 is 10.0 Å². The lowest BCUT2D eigenvalue weighted by molar-refractivity contribution is -0.121. The zero-order chi connectivity index (χ0) is 16.9. The van der Waals surface area contributed by atoms with Crippen molar-refractivity contribution in [2.24, 2.45) is 5.92 Å². The Morgan fingerprint density at radius 2 is 1.78 bits per heavy atom. The molecule has 2 rings (SSSR count). The zero-order valence-corrected chi connectivity index (χ0v) is 14.2. The summed E-state index contributed by atoms with van der Waals surface area (Å²) in [5.41, 5.74) is 0. The van der Waals surface area contributed by atoms with E-state index in [0.717, 1.165) is 10.8 Å². The number of carbonyl (C=O) groups is 1. The average Bonchev–Trinajstić information content (AvgIpc) is 2.52. The molecule has 0 saturated carbocycles. The van der Waals surface area contributed by atoms with Crippen molar-refractivity contribution in [3.05, 3.63) is 42.5 Å². The molecule has 0 fully saturated rings. The molecule has 0 heterocycles. The molecule has 23 heavy (non-hydrogen) atoms. The fourth-order valence-corrected chi connectivity index (χ4v) is 3.19. The van der Waals surface area contributed by atoms with Crippen LogP contribution in [0.2, 0.25) is 0 Å². The van der Waals surface area contributed by atoms with Gasteiger partial charge < -0.3 is 5.32 Å². The second-order valence-corrected chi connectivity index (χ2v) is 7.62. The van der Waals surface area contributed by atoms with E-state index in [2.05, 4.69) is 10.0 Å². The van der Waals surface area contributed by atoms with E-state index in [1.54, 1.807) is 18.2 Å². The summed E-state index contributed by atoms with van der Waals surface area (Å²) >= 11 is 0. The lowest BCUT2D eigenvalue weighted by atomic mass is 10.1. The second-order valence-electron chi connectivity index (χ2n) is 5.85. The summed E-state index contributed by atoms with van der Waals surface area (Å²) in [4.78, 5) is 11.8. The standard InChI is InChI=1S/C17H22N2O3S/c1-13(2)12-18-17(20)9-10-19-23(21,22)16-8-7-14-5-3-4-6-15(14)11-16/h3-8,11,13,19H,9-10,12H2,1-2H3,(H,18,20). The molecule has 0 saturated heterocycles. The monoisotopic (exact) mass is 334 g/mol. The molecule has 2 aromatic rings. The number of fused-ring (bicyclic) bond motifs is 1. The number of hydrogen-bond acceptors (Lipinski definition) is 3. The minimum Gasteiger partial charge on any atom is -0.356 e. The zero-order valence-electron chi connectivity index (χ0n) is 13.4. The summed E-state index contributed by atoms with van der Waals surface area (Å²) < 4.78 is 27.0. The first kappa shape index (κ1) is 17.4. The second kappa shape index (κ2) is 7.57. The summed E-state index contributed by atoms with van der Waals surface area (Å²) in [6, 6.07) is 12.6. The Balaban J connectivity index is 1.96. The number of carbonyl (C=O) groups excluding carboxylic acids is 1. The van der Waals surface area contributed by atoms with Crippen molar-refractivity contribution >= 4 is 26.7 Å². The van der Waals surface area contributed by atoms with Crippen molar-refractivity contribution in [2.75, 3.05) is 13.1 Å². The van der Waals surface area contributed by atoms with E-state index in [-0.39, 0.29) is 23.8 Å². The summed E-state index contributed by atoms with van der Waals surface area (Å²) in [5.74, 6) is 0.216. The van der Waals surface area contributed by atoms with Gasteiger partial charge >= 0.3 is 0 Å². The van der Waals surface area contributed by atoms with Gasteiger partial charge in [0.15, 0.2) is 0 Å². The highest BCUT2D eigenvalue weighted by Crippen LogP contribution is 2.18. The van der Waals surface area contributed by atoms with Gasteiger partial charge in [0.05, 0.1) is 4.90 Å². The van der Waals surface area contributed by atoms with Crippen LogP contribution in [-0.4, -0.2) is 27.4 Å². The summed E-state index contributed by atoms with van der Waals surface area (Å²) in [7, 11) is -3.61.